The van der Waals surface area contributed by atoms with Crippen molar-refractivity contribution < 1.29 is 0 Å². The van der Waals surface area contributed by atoms with Crippen LogP contribution in [0.25, 0.3) is 16.1 Å². The van der Waals surface area contributed by atoms with Gasteiger partial charge in [-0.15, -0.1) is 0 Å². The molecule has 0 amide bonds. The summed E-state index contributed by atoms with van der Waals surface area (Å²) in [6.07, 6.45) is 7.39. The molecule has 2 aromatic heterocycles. The zero-order chi connectivity index (χ0) is 11.2. The first-order chi connectivity index (χ1) is 7.92. The molecule has 0 saturated heterocycles. The minimum Gasteiger partial charge on any atom is -0.290 e. The van der Waals surface area contributed by atoms with E-state index in [-0.39, 0.29) is 0 Å². The Morgan fingerprint density at radius 2 is 2.44 bits per heavy atom. The van der Waals surface area contributed by atoms with Crippen LogP contribution in [0.3, 0.4) is 0 Å². The Morgan fingerprint density at radius 1 is 1.50 bits per heavy atom. The fourth-order valence-electron chi connectivity index (χ4n) is 1.24. The van der Waals surface area contributed by atoms with Crippen LogP contribution in [-0.4, -0.2) is 20.9 Å². The SMILES string of the molecule is [N-]=[N+]=NCCC#Cc1cnc2cnccn12. The van der Waals surface area contributed by atoms with Gasteiger partial charge in [0.05, 0.1) is 12.4 Å². The van der Waals surface area contributed by atoms with Crippen molar-refractivity contribution in [2.45, 2.75) is 6.42 Å². The predicted octanol–water partition coefficient (Wildman–Crippen LogP) is 1.78. The van der Waals surface area contributed by atoms with Gasteiger partial charge < -0.3 is 0 Å². The fraction of sp³-hybridized carbons (Fsp3) is 0.200. The summed E-state index contributed by atoms with van der Waals surface area (Å²) < 4.78 is 1.85. The van der Waals surface area contributed by atoms with Crippen LogP contribution in [0.4, 0.5) is 0 Å². The maximum Gasteiger partial charge on any atom is 0.156 e. The molecule has 2 heterocycles. The Bertz CT molecular complexity index is 596. The van der Waals surface area contributed by atoms with Crippen LogP contribution in [-0.2, 0) is 0 Å². The first kappa shape index (κ1) is 10.0. The summed E-state index contributed by atoms with van der Waals surface area (Å²) in [6.45, 7) is 0.391. The second-order valence-electron chi connectivity index (χ2n) is 2.95. The first-order valence-corrected chi connectivity index (χ1v) is 4.68. The number of fused-ring (bicyclic) bond motifs is 1. The molecule has 0 aliphatic carbocycles. The third kappa shape index (κ3) is 2.11. The molecule has 2 rings (SSSR count). The predicted molar refractivity (Wildman–Crippen MR) is 58.5 cm³/mol. The average molecular weight is 212 g/mol. The van der Waals surface area contributed by atoms with Gasteiger partial charge in [-0.25, -0.2) is 4.98 Å². The van der Waals surface area contributed by atoms with E-state index in [2.05, 4.69) is 31.8 Å². The van der Waals surface area contributed by atoms with Crippen molar-refractivity contribution in [3.8, 4) is 11.8 Å². The van der Waals surface area contributed by atoms with E-state index in [0.29, 0.717) is 13.0 Å². The number of aromatic nitrogens is 3. The summed E-state index contributed by atoms with van der Waals surface area (Å²) in [5.74, 6) is 5.88. The monoisotopic (exact) mass is 212 g/mol. The lowest BCUT2D eigenvalue weighted by Gasteiger charge is -1.91. The molecule has 0 bridgehead atoms. The number of imidazole rings is 1. The molecule has 16 heavy (non-hydrogen) atoms. The Labute approximate surface area is 91.6 Å². The molecule has 0 fully saturated rings. The fourth-order valence-corrected chi connectivity index (χ4v) is 1.24. The molecule has 0 aliphatic rings. The highest BCUT2D eigenvalue weighted by Crippen LogP contribution is 2.02. The van der Waals surface area contributed by atoms with Crippen LogP contribution in [0.1, 0.15) is 12.1 Å². The molecule has 6 heteroatoms. The summed E-state index contributed by atoms with van der Waals surface area (Å²) in [5.41, 5.74) is 9.65. The minimum absolute atomic E-state index is 0.391. The van der Waals surface area contributed by atoms with E-state index in [1.165, 1.54) is 0 Å². The molecular weight excluding hydrogens is 204 g/mol. The third-order valence-corrected chi connectivity index (χ3v) is 1.93. The maximum atomic E-state index is 8.08. The summed E-state index contributed by atoms with van der Waals surface area (Å²) >= 11 is 0. The van der Waals surface area contributed by atoms with Crippen molar-refractivity contribution in [3.05, 3.63) is 40.9 Å². The van der Waals surface area contributed by atoms with Gasteiger partial charge in [0.2, 0.25) is 0 Å². The van der Waals surface area contributed by atoms with Crippen LogP contribution in [0.2, 0.25) is 0 Å². The normalized spacial score (nSPS) is 9.25. The van der Waals surface area contributed by atoms with Crippen LogP contribution >= 0.6 is 0 Å². The lowest BCUT2D eigenvalue weighted by molar-refractivity contribution is 1.01. The van der Waals surface area contributed by atoms with Crippen molar-refractivity contribution in [2.24, 2.45) is 5.11 Å². The van der Waals surface area contributed by atoms with Crippen molar-refractivity contribution in [3.63, 3.8) is 0 Å². The second-order valence-corrected chi connectivity index (χ2v) is 2.95. The Balaban J connectivity index is 2.18. The highest BCUT2D eigenvalue weighted by atomic mass is 15.1. The Morgan fingerprint density at radius 3 is 3.31 bits per heavy atom. The van der Waals surface area contributed by atoms with Crippen molar-refractivity contribution in [1.82, 2.24) is 14.4 Å². The molecule has 0 N–H and O–H groups in total. The van der Waals surface area contributed by atoms with Crippen LogP contribution < -0.4 is 0 Å². The van der Waals surface area contributed by atoms with Crippen molar-refractivity contribution in [1.29, 1.82) is 0 Å². The minimum atomic E-state index is 0.391. The van der Waals surface area contributed by atoms with E-state index in [9.17, 15) is 0 Å². The van der Waals surface area contributed by atoms with Crippen LogP contribution in [0.5, 0.6) is 0 Å². The van der Waals surface area contributed by atoms with Gasteiger partial charge in [-0.3, -0.25) is 9.38 Å². The number of rotatable bonds is 2. The summed E-state index contributed by atoms with van der Waals surface area (Å²) in [7, 11) is 0. The molecule has 0 atom stereocenters. The van der Waals surface area contributed by atoms with Gasteiger partial charge >= 0.3 is 0 Å². The maximum absolute atomic E-state index is 8.08. The zero-order valence-corrected chi connectivity index (χ0v) is 8.41. The van der Waals surface area contributed by atoms with Crippen molar-refractivity contribution in [2.75, 3.05) is 6.54 Å². The summed E-state index contributed by atoms with van der Waals surface area (Å²) in [5, 5.41) is 3.40. The smallest absolute Gasteiger partial charge is 0.156 e. The van der Waals surface area contributed by atoms with Crippen LogP contribution in [0, 0.1) is 11.8 Å². The van der Waals surface area contributed by atoms with Gasteiger partial charge in [0.1, 0.15) is 5.69 Å². The summed E-state index contributed by atoms with van der Waals surface area (Å²) in [4.78, 5) is 10.8. The molecule has 0 radical (unpaired) electrons. The van der Waals surface area contributed by atoms with E-state index in [1.807, 2.05) is 4.40 Å². The molecule has 0 saturated carbocycles. The first-order valence-electron chi connectivity index (χ1n) is 4.68. The molecule has 0 unspecified atom stereocenters. The molecule has 6 nitrogen and oxygen atoms in total. The Kier molecular flexibility index (Phi) is 3.02. The van der Waals surface area contributed by atoms with E-state index >= 15 is 0 Å². The van der Waals surface area contributed by atoms with Gasteiger partial charge in [0.25, 0.3) is 0 Å². The molecular formula is C10H8N6. The topological polar surface area (TPSA) is 79.0 Å². The van der Waals surface area contributed by atoms with E-state index in [4.69, 9.17) is 5.53 Å². The number of hydrogen-bond acceptors (Lipinski definition) is 3. The highest BCUT2D eigenvalue weighted by molar-refractivity contribution is 5.42. The Hall–Kier alpha value is -2.51. The molecule has 0 aromatic carbocycles. The number of azide groups is 1. The third-order valence-electron chi connectivity index (χ3n) is 1.93. The standard InChI is InChI=1S/C10H8N6/c11-15-14-4-2-1-3-9-7-13-10-8-12-5-6-16(9)10/h5-8H,2,4H2. The van der Waals surface area contributed by atoms with Gasteiger partial charge in [0.15, 0.2) is 5.65 Å². The molecule has 2 aromatic rings. The van der Waals surface area contributed by atoms with Gasteiger partial charge in [-0.1, -0.05) is 11.0 Å². The lowest BCUT2D eigenvalue weighted by atomic mass is 10.4. The van der Waals surface area contributed by atoms with Gasteiger partial charge in [-0.05, 0) is 11.5 Å². The molecule has 0 aliphatic heterocycles. The zero-order valence-electron chi connectivity index (χ0n) is 8.41. The quantitative estimate of drug-likeness (QED) is 0.250. The number of hydrogen-bond donors (Lipinski definition) is 0. The largest absolute Gasteiger partial charge is 0.290 e. The van der Waals surface area contributed by atoms with E-state index < -0.39 is 0 Å². The van der Waals surface area contributed by atoms with Gasteiger partial charge in [0, 0.05) is 30.3 Å². The lowest BCUT2D eigenvalue weighted by Crippen LogP contribution is -1.87. The van der Waals surface area contributed by atoms with E-state index in [0.717, 1.165) is 11.3 Å². The highest BCUT2D eigenvalue weighted by Gasteiger charge is 1.97. The second kappa shape index (κ2) is 4.82. The molecule has 0 spiro atoms. The van der Waals surface area contributed by atoms with Gasteiger partial charge in [-0.2, -0.15) is 0 Å². The molecule has 78 valence electrons. The average Bonchev–Trinajstić information content (AvgIpc) is 2.73. The van der Waals surface area contributed by atoms with E-state index in [1.54, 1.807) is 24.8 Å². The summed E-state index contributed by atoms with van der Waals surface area (Å²) in [6, 6.07) is 0. The number of nitrogens with zero attached hydrogens (tertiary/aromatic N) is 6. The van der Waals surface area contributed by atoms with Crippen molar-refractivity contribution >= 4 is 5.65 Å². The van der Waals surface area contributed by atoms with Crippen LogP contribution in [0.15, 0.2) is 29.9 Å².